The minimum atomic E-state index is -1.48. The Kier molecular flexibility index (Phi) is 8.28. The van der Waals surface area contributed by atoms with Crippen molar-refractivity contribution in [3.63, 3.8) is 0 Å². The molecule has 0 saturated carbocycles. The molecule has 0 radical (unpaired) electrons. The smallest absolute Gasteiger partial charge is 0.324 e. The summed E-state index contributed by atoms with van der Waals surface area (Å²) in [4.78, 5) is 24.8. The van der Waals surface area contributed by atoms with E-state index in [0.29, 0.717) is 0 Å². The van der Waals surface area contributed by atoms with Gasteiger partial charge in [-0.2, -0.15) is 0 Å². The molecule has 0 spiro atoms. The Balaban J connectivity index is 3.11. The van der Waals surface area contributed by atoms with Gasteiger partial charge in [0.25, 0.3) is 0 Å². The first-order chi connectivity index (χ1) is 11.5. The van der Waals surface area contributed by atoms with Crippen molar-refractivity contribution in [1.82, 2.24) is 0 Å². The Bertz CT molecular complexity index is 620. The van der Waals surface area contributed by atoms with Crippen LogP contribution in [0.2, 0.25) is 0 Å². The molecule has 1 rings (SSSR count). The van der Waals surface area contributed by atoms with Gasteiger partial charge in [-0.15, -0.1) is 6.58 Å². The topological polar surface area (TPSA) is 52.6 Å². The van der Waals surface area contributed by atoms with Gasteiger partial charge in [-0.05, 0) is 44.5 Å². The molecule has 1 aromatic carbocycles. The average molecular weight is 393 g/mol. The van der Waals surface area contributed by atoms with Gasteiger partial charge < -0.3 is 9.47 Å². The summed E-state index contributed by atoms with van der Waals surface area (Å²) in [5, 5.41) is 0. The third-order valence-corrected chi connectivity index (χ3v) is 3.82. The van der Waals surface area contributed by atoms with E-state index in [1.807, 2.05) is 24.3 Å². The number of esters is 2. The summed E-state index contributed by atoms with van der Waals surface area (Å²) in [5.41, 5.74) is -0.686. The van der Waals surface area contributed by atoms with Crippen LogP contribution in [0.5, 0.6) is 0 Å². The molecular weight excluding hydrogens is 372 g/mol. The maximum atomic E-state index is 12.4. The van der Waals surface area contributed by atoms with Gasteiger partial charge in [-0.1, -0.05) is 33.8 Å². The zero-order chi connectivity index (χ0) is 18.0. The molecule has 0 aliphatic rings. The third-order valence-electron chi connectivity index (χ3n) is 3.29. The molecule has 128 valence electrons. The van der Waals surface area contributed by atoms with Crippen LogP contribution in [0.1, 0.15) is 32.3 Å². The van der Waals surface area contributed by atoms with Crippen molar-refractivity contribution in [2.45, 2.75) is 26.7 Å². The van der Waals surface area contributed by atoms with Gasteiger partial charge in [-0.25, -0.2) is 0 Å². The van der Waals surface area contributed by atoms with E-state index < -0.39 is 17.4 Å². The van der Waals surface area contributed by atoms with Crippen LogP contribution < -0.4 is 0 Å². The Morgan fingerprint density at radius 2 is 1.71 bits per heavy atom. The number of hydrogen-bond donors (Lipinski definition) is 0. The monoisotopic (exact) mass is 392 g/mol. The molecule has 0 aromatic heterocycles. The predicted molar refractivity (Wildman–Crippen MR) is 96.2 cm³/mol. The van der Waals surface area contributed by atoms with Gasteiger partial charge in [-0.3, -0.25) is 9.59 Å². The van der Waals surface area contributed by atoms with Crippen molar-refractivity contribution < 1.29 is 19.1 Å². The van der Waals surface area contributed by atoms with Crippen molar-refractivity contribution in [2.75, 3.05) is 13.2 Å². The number of rotatable bonds is 7. The van der Waals surface area contributed by atoms with Crippen LogP contribution in [-0.2, 0) is 19.1 Å². The van der Waals surface area contributed by atoms with Crippen molar-refractivity contribution in [1.29, 1.82) is 0 Å². The molecule has 0 aliphatic carbocycles. The second-order valence-corrected chi connectivity index (χ2v) is 5.92. The number of carbonyl (C=O) groups is 2. The first-order valence-electron chi connectivity index (χ1n) is 7.70. The third kappa shape index (κ3) is 5.24. The van der Waals surface area contributed by atoms with Gasteiger partial charge in [0.1, 0.15) is 0 Å². The Hall–Kier alpha value is -2.06. The lowest BCUT2D eigenvalue weighted by Gasteiger charge is -2.26. The minimum Gasteiger partial charge on any atom is -0.465 e. The molecule has 0 amide bonds. The fourth-order valence-corrected chi connectivity index (χ4v) is 2.35. The fourth-order valence-electron chi connectivity index (χ4n) is 2.08. The first-order valence-corrected chi connectivity index (χ1v) is 8.49. The highest BCUT2D eigenvalue weighted by atomic mass is 79.9. The maximum Gasteiger partial charge on any atom is 0.324 e. The number of carbonyl (C=O) groups excluding carboxylic acids is 2. The van der Waals surface area contributed by atoms with Gasteiger partial charge in [0.15, 0.2) is 5.41 Å². The molecule has 0 unspecified atom stereocenters. The molecule has 0 fully saturated rings. The van der Waals surface area contributed by atoms with Gasteiger partial charge in [0.05, 0.1) is 13.2 Å². The van der Waals surface area contributed by atoms with Crippen molar-refractivity contribution in [3.8, 4) is 11.8 Å². The van der Waals surface area contributed by atoms with Crippen molar-refractivity contribution >= 4 is 27.9 Å². The first kappa shape index (κ1) is 20.0. The lowest BCUT2D eigenvalue weighted by Crippen LogP contribution is -2.41. The lowest BCUT2D eigenvalue weighted by molar-refractivity contribution is -0.171. The zero-order valence-corrected chi connectivity index (χ0v) is 15.5. The van der Waals surface area contributed by atoms with E-state index in [1.165, 1.54) is 6.08 Å². The number of halogens is 1. The number of benzene rings is 1. The summed E-state index contributed by atoms with van der Waals surface area (Å²) < 4.78 is 11.1. The highest BCUT2D eigenvalue weighted by Gasteiger charge is 2.47. The molecule has 4 nitrogen and oxygen atoms in total. The summed E-state index contributed by atoms with van der Waals surface area (Å²) in [6.07, 6.45) is 1.63. The summed E-state index contributed by atoms with van der Waals surface area (Å²) in [5.74, 6) is 4.61. The van der Waals surface area contributed by atoms with Gasteiger partial charge >= 0.3 is 11.9 Å². The summed E-state index contributed by atoms with van der Waals surface area (Å²) in [7, 11) is 0. The largest absolute Gasteiger partial charge is 0.465 e. The molecular formula is C19H21BrO4. The lowest BCUT2D eigenvalue weighted by atomic mass is 9.81. The molecule has 1 aromatic rings. The van der Waals surface area contributed by atoms with E-state index in [2.05, 4.69) is 34.3 Å². The van der Waals surface area contributed by atoms with Crippen LogP contribution >= 0.6 is 15.9 Å². The number of ether oxygens (including phenoxy) is 2. The second kappa shape index (κ2) is 9.94. The Morgan fingerprint density at radius 1 is 1.17 bits per heavy atom. The van der Waals surface area contributed by atoms with E-state index in [4.69, 9.17) is 9.47 Å². The normalized spacial score (nSPS) is 10.3. The van der Waals surface area contributed by atoms with Crippen LogP contribution in [0.4, 0.5) is 0 Å². The van der Waals surface area contributed by atoms with E-state index >= 15 is 0 Å². The molecule has 0 aliphatic heterocycles. The minimum absolute atomic E-state index is 0.00670. The number of allylic oxidation sites excluding steroid dienone is 1. The van der Waals surface area contributed by atoms with Gasteiger partial charge in [0.2, 0.25) is 0 Å². The second-order valence-electron chi connectivity index (χ2n) is 5.00. The van der Waals surface area contributed by atoms with Crippen LogP contribution in [0.15, 0.2) is 41.4 Å². The molecule has 0 N–H and O–H groups in total. The van der Waals surface area contributed by atoms with Crippen molar-refractivity contribution in [2.24, 2.45) is 5.41 Å². The summed E-state index contributed by atoms with van der Waals surface area (Å²) in [6.45, 7) is 7.37. The van der Waals surface area contributed by atoms with E-state index in [1.54, 1.807) is 13.8 Å². The van der Waals surface area contributed by atoms with E-state index in [-0.39, 0.29) is 26.1 Å². The Morgan fingerprint density at radius 3 is 2.17 bits per heavy atom. The predicted octanol–water partition coefficient (Wildman–Crippen LogP) is 3.88. The average Bonchev–Trinajstić information content (AvgIpc) is 2.56. The van der Waals surface area contributed by atoms with Crippen LogP contribution in [0.25, 0.3) is 0 Å². The van der Waals surface area contributed by atoms with Crippen molar-refractivity contribution in [3.05, 3.63) is 47.0 Å². The number of hydrogen-bond acceptors (Lipinski definition) is 4. The molecule has 0 saturated heterocycles. The molecule has 0 atom stereocenters. The SMILES string of the molecule is C=CCC(CC#Cc1ccc(Br)cc1)(C(=O)OCC)C(=O)OCC. The van der Waals surface area contributed by atoms with Crippen LogP contribution in [0, 0.1) is 17.3 Å². The van der Waals surface area contributed by atoms with E-state index in [9.17, 15) is 9.59 Å². The Labute approximate surface area is 151 Å². The molecule has 24 heavy (non-hydrogen) atoms. The van der Waals surface area contributed by atoms with Crippen LogP contribution in [-0.4, -0.2) is 25.2 Å². The molecule has 5 heteroatoms. The highest BCUT2D eigenvalue weighted by Crippen LogP contribution is 2.31. The van der Waals surface area contributed by atoms with Crippen LogP contribution in [0.3, 0.4) is 0 Å². The molecule has 0 heterocycles. The highest BCUT2D eigenvalue weighted by molar-refractivity contribution is 9.10. The van der Waals surface area contributed by atoms with E-state index in [0.717, 1.165) is 10.0 Å². The summed E-state index contributed by atoms with van der Waals surface area (Å²) in [6, 6.07) is 7.44. The van der Waals surface area contributed by atoms with Gasteiger partial charge in [0, 0.05) is 16.5 Å². The standard InChI is InChI=1S/C19H21BrO4/c1-4-13-19(17(21)23-5-2,18(22)24-6-3)14-7-8-15-9-11-16(20)12-10-15/h4,9-12H,1,5-6,13-14H2,2-3H3. The fraction of sp³-hybridized carbons (Fsp3) is 0.368. The zero-order valence-electron chi connectivity index (χ0n) is 13.9. The maximum absolute atomic E-state index is 12.4. The quantitative estimate of drug-likeness (QED) is 0.305. The summed E-state index contributed by atoms with van der Waals surface area (Å²) >= 11 is 3.36. The molecule has 0 bridgehead atoms.